The van der Waals surface area contributed by atoms with E-state index in [2.05, 4.69) is 15.2 Å². The Balaban J connectivity index is 2.19. The van der Waals surface area contributed by atoms with E-state index in [4.69, 9.17) is 0 Å². The SMILES string of the molecule is Cn1cc(-c2cn3ncccc3n2)cn1. The molecule has 0 unspecified atom stereocenters. The summed E-state index contributed by atoms with van der Waals surface area (Å²) < 4.78 is 3.51. The molecule has 15 heavy (non-hydrogen) atoms. The first-order chi connectivity index (χ1) is 7.33. The number of hydrogen-bond donors (Lipinski definition) is 0. The van der Waals surface area contributed by atoms with Crippen LogP contribution >= 0.6 is 0 Å². The quantitative estimate of drug-likeness (QED) is 0.590. The molecule has 0 aromatic carbocycles. The first-order valence-corrected chi connectivity index (χ1v) is 4.62. The first-order valence-electron chi connectivity index (χ1n) is 4.62. The van der Waals surface area contributed by atoms with Crippen LogP contribution < -0.4 is 0 Å². The molecule has 0 aliphatic rings. The normalized spacial score (nSPS) is 11.0. The molecule has 3 rings (SSSR count). The Morgan fingerprint density at radius 3 is 2.87 bits per heavy atom. The van der Waals surface area contributed by atoms with Crippen LogP contribution in [0.15, 0.2) is 36.9 Å². The highest BCUT2D eigenvalue weighted by atomic mass is 15.3. The van der Waals surface area contributed by atoms with Crippen molar-refractivity contribution in [1.29, 1.82) is 0 Å². The van der Waals surface area contributed by atoms with Crippen molar-refractivity contribution in [1.82, 2.24) is 24.4 Å². The minimum atomic E-state index is 0.844. The second kappa shape index (κ2) is 2.91. The van der Waals surface area contributed by atoms with Gasteiger partial charge in [0.2, 0.25) is 0 Å². The van der Waals surface area contributed by atoms with Gasteiger partial charge in [0.1, 0.15) is 0 Å². The summed E-state index contributed by atoms with van der Waals surface area (Å²) in [5, 5.41) is 8.27. The van der Waals surface area contributed by atoms with E-state index < -0.39 is 0 Å². The highest BCUT2D eigenvalue weighted by molar-refractivity contribution is 5.60. The van der Waals surface area contributed by atoms with Gasteiger partial charge in [-0.2, -0.15) is 10.2 Å². The second-order valence-electron chi connectivity index (χ2n) is 3.36. The van der Waals surface area contributed by atoms with Gasteiger partial charge in [-0.1, -0.05) is 0 Å². The standard InChI is InChI=1S/C10H9N5/c1-14-6-8(5-12-14)9-7-15-10(13-9)3-2-4-11-15/h2-7H,1H3. The van der Waals surface area contributed by atoms with Crippen molar-refractivity contribution in [3.8, 4) is 11.3 Å². The Bertz CT molecular complexity index is 574. The fourth-order valence-corrected chi connectivity index (χ4v) is 1.52. The van der Waals surface area contributed by atoms with Gasteiger partial charge >= 0.3 is 0 Å². The van der Waals surface area contributed by atoms with Crippen LogP contribution in [0.3, 0.4) is 0 Å². The zero-order valence-electron chi connectivity index (χ0n) is 8.20. The average Bonchev–Trinajstić information content (AvgIpc) is 2.82. The number of imidazole rings is 1. The molecule has 3 heterocycles. The number of hydrogen-bond acceptors (Lipinski definition) is 3. The molecule has 0 aliphatic carbocycles. The van der Waals surface area contributed by atoms with Gasteiger partial charge in [0.25, 0.3) is 0 Å². The van der Waals surface area contributed by atoms with E-state index in [1.807, 2.05) is 31.6 Å². The summed E-state index contributed by atoms with van der Waals surface area (Å²) in [4.78, 5) is 4.44. The Labute approximate surface area is 86.0 Å². The lowest BCUT2D eigenvalue weighted by molar-refractivity contribution is 0.768. The number of aromatic nitrogens is 5. The minimum Gasteiger partial charge on any atom is -0.275 e. The van der Waals surface area contributed by atoms with E-state index in [1.165, 1.54) is 0 Å². The highest BCUT2D eigenvalue weighted by Gasteiger charge is 2.05. The van der Waals surface area contributed by atoms with Gasteiger partial charge in [-0.25, -0.2) is 9.50 Å². The molecule has 5 nitrogen and oxygen atoms in total. The van der Waals surface area contributed by atoms with E-state index in [9.17, 15) is 0 Å². The number of aryl methyl sites for hydroxylation is 1. The molecule has 3 aromatic rings. The van der Waals surface area contributed by atoms with Crippen LogP contribution in [0, 0.1) is 0 Å². The molecule has 0 fully saturated rings. The van der Waals surface area contributed by atoms with Crippen molar-refractivity contribution in [2.75, 3.05) is 0 Å². The van der Waals surface area contributed by atoms with Crippen LogP contribution in [0.5, 0.6) is 0 Å². The Morgan fingerprint density at radius 1 is 1.20 bits per heavy atom. The van der Waals surface area contributed by atoms with Gasteiger partial charge in [0.05, 0.1) is 18.1 Å². The van der Waals surface area contributed by atoms with E-state index in [0.717, 1.165) is 16.9 Å². The van der Waals surface area contributed by atoms with Gasteiger partial charge in [0, 0.05) is 25.0 Å². The second-order valence-corrected chi connectivity index (χ2v) is 3.36. The highest BCUT2D eigenvalue weighted by Crippen LogP contribution is 2.16. The molecule has 3 aromatic heterocycles. The fourth-order valence-electron chi connectivity index (χ4n) is 1.52. The summed E-state index contributed by atoms with van der Waals surface area (Å²) in [5.74, 6) is 0. The molecule has 0 saturated carbocycles. The van der Waals surface area contributed by atoms with Crippen LogP contribution in [0.4, 0.5) is 0 Å². The van der Waals surface area contributed by atoms with Crippen molar-refractivity contribution in [3.05, 3.63) is 36.9 Å². The van der Waals surface area contributed by atoms with Gasteiger partial charge < -0.3 is 0 Å². The predicted octanol–water partition coefficient (Wildman–Crippen LogP) is 1.13. The molecular formula is C10H9N5. The molecule has 5 heteroatoms. The lowest BCUT2D eigenvalue weighted by Gasteiger charge is -1.85. The maximum absolute atomic E-state index is 4.44. The van der Waals surface area contributed by atoms with E-state index in [-0.39, 0.29) is 0 Å². The van der Waals surface area contributed by atoms with Gasteiger partial charge in [-0.05, 0) is 12.1 Å². The topological polar surface area (TPSA) is 48.0 Å². The Morgan fingerprint density at radius 2 is 2.13 bits per heavy atom. The molecule has 0 amide bonds. The molecule has 74 valence electrons. The molecular weight excluding hydrogens is 190 g/mol. The molecule has 0 atom stereocenters. The average molecular weight is 199 g/mol. The third kappa shape index (κ3) is 1.28. The summed E-state index contributed by atoms with van der Waals surface area (Å²) in [6.45, 7) is 0. The summed E-state index contributed by atoms with van der Waals surface area (Å²) in [6.07, 6.45) is 7.36. The molecule has 0 radical (unpaired) electrons. The van der Waals surface area contributed by atoms with Crippen LogP contribution in [-0.4, -0.2) is 24.4 Å². The fraction of sp³-hybridized carbons (Fsp3) is 0.100. The first kappa shape index (κ1) is 8.16. The smallest absolute Gasteiger partial charge is 0.154 e. The van der Waals surface area contributed by atoms with Crippen molar-refractivity contribution in [2.45, 2.75) is 0 Å². The van der Waals surface area contributed by atoms with Crippen molar-refractivity contribution < 1.29 is 0 Å². The zero-order valence-corrected chi connectivity index (χ0v) is 8.20. The maximum Gasteiger partial charge on any atom is 0.154 e. The van der Waals surface area contributed by atoms with Crippen LogP contribution in [0.2, 0.25) is 0 Å². The largest absolute Gasteiger partial charge is 0.275 e. The number of fused-ring (bicyclic) bond motifs is 1. The van der Waals surface area contributed by atoms with E-state index in [1.54, 1.807) is 21.6 Å². The third-order valence-corrected chi connectivity index (χ3v) is 2.24. The summed E-state index contributed by atoms with van der Waals surface area (Å²) in [6, 6.07) is 3.79. The Kier molecular flexibility index (Phi) is 1.58. The van der Waals surface area contributed by atoms with Gasteiger partial charge in [-0.3, -0.25) is 4.68 Å². The minimum absolute atomic E-state index is 0.844. The number of nitrogens with zero attached hydrogens (tertiary/aromatic N) is 5. The lowest BCUT2D eigenvalue weighted by atomic mass is 10.3. The zero-order chi connectivity index (χ0) is 10.3. The molecule has 0 aliphatic heterocycles. The van der Waals surface area contributed by atoms with Crippen LogP contribution in [-0.2, 0) is 7.05 Å². The Hall–Kier alpha value is -2.17. The molecule has 0 spiro atoms. The third-order valence-electron chi connectivity index (χ3n) is 2.24. The summed E-state index contributed by atoms with van der Waals surface area (Å²) >= 11 is 0. The van der Waals surface area contributed by atoms with Gasteiger partial charge in [0.15, 0.2) is 5.65 Å². The summed E-state index contributed by atoms with van der Waals surface area (Å²) in [5.41, 5.74) is 2.74. The lowest BCUT2D eigenvalue weighted by Crippen LogP contribution is -1.85. The summed E-state index contributed by atoms with van der Waals surface area (Å²) in [7, 11) is 1.89. The van der Waals surface area contributed by atoms with E-state index in [0.29, 0.717) is 0 Å². The molecule has 0 saturated heterocycles. The van der Waals surface area contributed by atoms with Gasteiger partial charge in [-0.15, -0.1) is 0 Å². The predicted molar refractivity (Wildman–Crippen MR) is 55.2 cm³/mol. The monoisotopic (exact) mass is 199 g/mol. The van der Waals surface area contributed by atoms with Crippen LogP contribution in [0.25, 0.3) is 16.9 Å². The van der Waals surface area contributed by atoms with E-state index >= 15 is 0 Å². The van der Waals surface area contributed by atoms with Crippen molar-refractivity contribution in [3.63, 3.8) is 0 Å². The maximum atomic E-state index is 4.44. The van der Waals surface area contributed by atoms with Crippen molar-refractivity contribution >= 4 is 5.65 Å². The van der Waals surface area contributed by atoms with Crippen molar-refractivity contribution in [2.24, 2.45) is 7.05 Å². The molecule has 0 bridgehead atoms. The number of rotatable bonds is 1. The van der Waals surface area contributed by atoms with Crippen LogP contribution in [0.1, 0.15) is 0 Å². The molecule has 0 N–H and O–H groups in total.